The van der Waals surface area contributed by atoms with Gasteiger partial charge in [0.2, 0.25) is 5.95 Å². The molecule has 21 heavy (non-hydrogen) atoms. The van der Waals surface area contributed by atoms with E-state index in [9.17, 15) is 9.18 Å². The molecule has 0 spiro atoms. The minimum atomic E-state index is -0.331. The number of carbonyl (C=O) groups excluding carboxylic acids is 1. The Bertz CT molecular complexity index is 755. The lowest BCUT2D eigenvalue weighted by atomic mass is 10.2. The molecule has 2 N–H and O–H groups in total. The highest BCUT2D eigenvalue weighted by Gasteiger charge is 2.10. The van der Waals surface area contributed by atoms with Crippen LogP contribution in [0, 0.1) is 5.82 Å². The number of pyridine rings is 1. The summed E-state index contributed by atoms with van der Waals surface area (Å²) in [5, 5.41) is 9.16. The van der Waals surface area contributed by atoms with E-state index in [0.717, 1.165) is 0 Å². The van der Waals surface area contributed by atoms with Crippen LogP contribution in [0.1, 0.15) is 10.4 Å². The zero-order valence-corrected chi connectivity index (χ0v) is 10.7. The lowest BCUT2D eigenvalue weighted by Gasteiger charge is -1.99. The van der Waals surface area contributed by atoms with Crippen molar-refractivity contribution in [2.75, 3.05) is 5.32 Å². The molecule has 0 saturated heterocycles. The SMILES string of the molecule is O=C(Nc1n[nH]c(-c2ccc(F)cc2)n1)c1ccncc1. The largest absolute Gasteiger partial charge is 0.289 e. The quantitative estimate of drug-likeness (QED) is 0.772. The first-order valence-corrected chi connectivity index (χ1v) is 6.12. The predicted molar refractivity (Wildman–Crippen MR) is 74.0 cm³/mol. The highest BCUT2D eigenvalue weighted by Crippen LogP contribution is 2.16. The molecule has 0 saturated carbocycles. The van der Waals surface area contributed by atoms with Gasteiger partial charge in [-0.3, -0.25) is 20.2 Å². The fraction of sp³-hybridized carbons (Fsp3) is 0. The van der Waals surface area contributed by atoms with E-state index < -0.39 is 0 Å². The van der Waals surface area contributed by atoms with Gasteiger partial charge in [-0.1, -0.05) is 0 Å². The molecule has 0 aliphatic heterocycles. The molecule has 1 amide bonds. The molecule has 6 nitrogen and oxygen atoms in total. The number of amides is 1. The van der Waals surface area contributed by atoms with Crippen LogP contribution in [0.25, 0.3) is 11.4 Å². The maximum absolute atomic E-state index is 12.9. The Morgan fingerprint density at radius 3 is 2.52 bits per heavy atom. The zero-order valence-electron chi connectivity index (χ0n) is 10.7. The van der Waals surface area contributed by atoms with E-state index in [-0.39, 0.29) is 17.7 Å². The molecule has 0 aliphatic carbocycles. The first kappa shape index (κ1) is 12.9. The van der Waals surface area contributed by atoms with Gasteiger partial charge in [-0.25, -0.2) is 4.39 Å². The number of hydrogen-bond donors (Lipinski definition) is 2. The number of anilines is 1. The first-order chi connectivity index (χ1) is 10.2. The summed E-state index contributed by atoms with van der Waals surface area (Å²) in [6.07, 6.45) is 3.05. The van der Waals surface area contributed by atoms with Crippen molar-refractivity contribution < 1.29 is 9.18 Å². The van der Waals surface area contributed by atoms with Crippen LogP contribution < -0.4 is 5.32 Å². The third-order valence-electron chi connectivity index (χ3n) is 2.77. The number of aromatic amines is 1. The van der Waals surface area contributed by atoms with Crippen LogP contribution in [-0.2, 0) is 0 Å². The Kier molecular flexibility index (Phi) is 3.38. The van der Waals surface area contributed by atoms with Crippen molar-refractivity contribution in [3.63, 3.8) is 0 Å². The molecule has 7 heteroatoms. The van der Waals surface area contributed by atoms with Crippen molar-refractivity contribution in [3.05, 3.63) is 60.2 Å². The predicted octanol–water partition coefficient (Wildman–Crippen LogP) is 2.26. The average molecular weight is 283 g/mol. The Morgan fingerprint density at radius 2 is 1.81 bits per heavy atom. The van der Waals surface area contributed by atoms with Crippen molar-refractivity contribution in [2.24, 2.45) is 0 Å². The lowest BCUT2D eigenvalue weighted by Crippen LogP contribution is -2.12. The standard InChI is InChI=1S/C14H10FN5O/c15-11-3-1-9(2-4-11)12-17-14(20-19-12)18-13(21)10-5-7-16-8-6-10/h1-8H,(H2,17,18,19,20,21). The fourth-order valence-corrected chi connectivity index (χ4v) is 1.73. The third kappa shape index (κ3) is 2.92. The summed E-state index contributed by atoms with van der Waals surface area (Å²) < 4.78 is 12.9. The number of halogens is 1. The van der Waals surface area contributed by atoms with Gasteiger partial charge in [0.25, 0.3) is 5.91 Å². The molecule has 0 fully saturated rings. The summed E-state index contributed by atoms with van der Waals surface area (Å²) in [5.41, 5.74) is 1.13. The summed E-state index contributed by atoms with van der Waals surface area (Å²) >= 11 is 0. The second kappa shape index (κ2) is 5.49. The van der Waals surface area contributed by atoms with Crippen LogP contribution in [0.4, 0.5) is 10.3 Å². The van der Waals surface area contributed by atoms with Crippen molar-refractivity contribution >= 4 is 11.9 Å². The fourth-order valence-electron chi connectivity index (χ4n) is 1.73. The number of hydrogen-bond acceptors (Lipinski definition) is 4. The van der Waals surface area contributed by atoms with Gasteiger partial charge < -0.3 is 0 Å². The van der Waals surface area contributed by atoms with Gasteiger partial charge in [0.05, 0.1) is 0 Å². The molecule has 1 aromatic carbocycles. The lowest BCUT2D eigenvalue weighted by molar-refractivity contribution is 0.102. The van der Waals surface area contributed by atoms with Crippen molar-refractivity contribution in [3.8, 4) is 11.4 Å². The van der Waals surface area contributed by atoms with Gasteiger partial charge in [-0.05, 0) is 36.4 Å². The van der Waals surface area contributed by atoms with Crippen molar-refractivity contribution in [1.29, 1.82) is 0 Å². The maximum Gasteiger partial charge on any atom is 0.258 e. The second-order valence-corrected chi connectivity index (χ2v) is 4.20. The average Bonchev–Trinajstić information content (AvgIpc) is 2.97. The van der Waals surface area contributed by atoms with Gasteiger partial charge in [0.15, 0.2) is 5.82 Å². The number of aromatic nitrogens is 4. The minimum Gasteiger partial charge on any atom is -0.289 e. The van der Waals surface area contributed by atoms with Gasteiger partial charge in [0.1, 0.15) is 5.82 Å². The van der Waals surface area contributed by atoms with E-state index in [4.69, 9.17) is 0 Å². The molecule has 3 aromatic rings. The van der Waals surface area contributed by atoms with E-state index in [2.05, 4.69) is 25.5 Å². The van der Waals surface area contributed by atoms with Crippen LogP contribution in [0.5, 0.6) is 0 Å². The number of H-pyrrole nitrogens is 1. The highest BCUT2D eigenvalue weighted by molar-refractivity contribution is 6.03. The number of nitrogens with zero attached hydrogens (tertiary/aromatic N) is 3. The number of rotatable bonds is 3. The van der Waals surface area contributed by atoms with Crippen molar-refractivity contribution in [2.45, 2.75) is 0 Å². The van der Waals surface area contributed by atoms with E-state index in [0.29, 0.717) is 17.0 Å². The molecule has 0 bridgehead atoms. The normalized spacial score (nSPS) is 10.3. The minimum absolute atomic E-state index is 0.149. The number of nitrogens with one attached hydrogen (secondary N) is 2. The third-order valence-corrected chi connectivity index (χ3v) is 2.77. The van der Waals surface area contributed by atoms with Crippen LogP contribution in [0.15, 0.2) is 48.8 Å². The highest BCUT2D eigenvalue weighted by atomic mass is 19.1. The van der Waals surface area contributed by atoms with Gasteiger partial charge in [-0.2, -0.15) is 4.98 Å². The zero-order chi connectivity index (χ0) is 14.7. The second-order valence-electron chi connectivity index (χ2n) is 4.20. The molecule has 0 radical (unpaired) electrons. The topological polar surface area (TPSA) is 83.6 Å². The molecular weight excluding hydrogens is 273 g/mol. The Hall–Kier alpha value is -3.09. The summed E-state index contributed by atoms with van der Waals surface area (Å²) in [6.45, 7) is 0. The summed E-state index contributed by atoms with van der Waals surface area (Å²) in [6, 6.07) is 8.97. The van der Waals surface area contributed by atoms with Gasteiger partial charge in [-0.15, -0.1) is 5.10 Å². The van der Waals surface area contributed by atoms with E-state index >= 15 is 0 Å². The maximum atomic E-state index is 12.9. The van der Waals surface area contributed by atoms with E-state index in [1.807, 2.05) is 0 Å². The van der Waals surface area contributed by atoms with Gasteiger partial charge >= 0.3 is 0 Å². The molecule has 3 rings (SSSR count). The summed E-state index contributed by atoms with van der Waals surface area (Å²) in [7, 11) is 0. The molecular formula is C14H10FN5O. The monoisotopic (exact) mass is 283 g/mol. The Labute approximate surface area is 119 Å². The molecule has 0 aliphatic rings. The molecule has 0 atom stereocenters. The number of carbonyl (C=O) groups is 1. The molecule has 0 unspecified atom stereocenters. The molecule has 104 valence electrons. The van der Waals surface area contributed by atoms with E-state index in [1.54, 1.807) is 24.3 Å². The summed E-state index contributed by atoms with van der Waals surface area (Å²) in [5.74, 6) is -0.0669. The smallest absolute Gasteiger partial charge is 0.258 e. The van der Waals surface area contributed by atoms with Crippen LogP contribution >= 0.6 is 0 Å². The van der Waals surface area contributed by atoms with Crippen LogP contribution in [0.3, 0.4) is 0 Å². The Balaban J connectivity index is 1.76. The first-order valence-electron chi connectivity index (χ1n) is 6.12. The van der Waals surface area contributed by atoms with Crippen molar-refractivity contribution in [1.82, 2.24) is 20.2 Å². The molecule has 2 aromatic heterocycles. The molecule has 2 heterocycles. The van der Waals surface area contributed by atoms with Crippen LogP contribution in [0.2, 0.25) is 0 Å². The van der Waals surface area contributed by atoms with Gasteiger partial charge in [0, 0.05) is 23.5 Å². The number of benzene rings is 1. The Morgan fingerprint density at radius 1 is 1.10 bits per heavy atom. The summed E-state index contributed by atoms with van der Waals surface area (Å²) in [4.78, 5) is 19.9. The van der Waals surface area contributed by atoms with E-state index in [1.165, 1.54) is 24.5 Å². The van der Waals surface area contributed by atoms with Crippen LogP contribution in [-0.4, -0.2) is 26.1 Å².